The van der Waals surface area contributed by atoms with Crippen molar-refractivity contribution in [2.24, 2.45) is 5.73 Å². The maximum absolute atomic E-state index is 12.4. The third-order valence-electron chi connectivity index (χ3n) is 4.74. The van der Waals surface area contributed by atoms with Gasteiger partial charge >= 0.3 is 11.7 Å². The third-order valence-corrected chi connectivity index (χ3v) is 4.74. The van der Waals surface area contributed by atoms with Crippen LogP contribution in [0.3, 0.4) is 0 Å². The Morgan fingerprint density at radius 1 is 1.13 bits per heavy atom. The van der Waals surface area contributed by atoms with Crippen LogP contribution in [0.5, 0.6) is 0 Å². The molecule has 158 valence electrons. The highest BCUT2D eigenvalue weighted by Gasteiger charge is 2.27. The van der Waals surface area contributed by atoms with Crippen molar-refractivity contribution >= 4 is 24.0 Å². The molecule has 1 aromatic carbocycles. The number of hydrogen-bond donors (Lipinski definition) is 3. The van der Waals surface area contributed by atoms with Gasteiger partial charge in [0.25, 0.3) is 0 Å². The highest BCUT2D eigenvalue weighted by Crippen LogP contribution is 2.09. The van der Waals surface area contributed by atoms with Crippen molar-refractivity contribution < 1.29 is 19.5 Å². The Hall–Kier alpha value is -3.57. The summed E-state index contributed by atoms with van der Waals surface area (Å²) in [5.41, 5.74) is 5.98. The number of aliphatic hydroxyl groups is 1. The molecule has 0 aliphatic carbocycles. The van der Waals surface area contributed by atoms with E-state index in [1.807, 2.05) is 0 Å². The molecule has 2 heterocycles. The molecule has 1 atom stereocenters. The number of carbonyl (C=O) groups excluding carboxylic acids is 3. The predicted octanol–water partition coefficient (Wildman–Crippen LogP) is -0.959. The third kappa shape index (κ3) is 4.70. The molecule has 1 saturated heterocycles. The number of nitrogens with one attached hydrogen (secondary N) is 1. The summed E-state index contributed by atoms with van der Waals surface area (Å²) in [6.07, 6.45) is 2.19. The van der Waals surface area contributed by atoms with Crippen molar-refractivity contribution in [2.45, 2.75) is 6.04 Å². The zero-order valence-corrected chi connectivity index (χ0v) is 16.1. The molecule has 4 N–H and O–H groups in total. The second-order valence-electron chi connectivity index (χ2n) is 6.71. The van der Waals surface area contributed by atoms with E-state index in [0.717, 1.165) is 0 Å². The zero-order valence-electron chi connectivity index (χ0n) is 16.1. The first-order valence-electron chi connectivity index (χ1n) is 9.29. The first-order valence-corrected chi connectivity index (χ1v) is 9.29. The van der Waals surface area contributed by atoms with Gasteiger partial charge in [-0.1, -0.05) is 0 Å². The fourth-order valence-corrected chi connectivity index (χ4v) is 3.01. The number of hydrogen-bond acceptors (Lipinski definition) is 7. The van der Waals surface area contributed by atoms with E-state index in [9.17, 15) is 19.2 Å². The molecule has 30 heavy (non-hydrogen) atoms. The molecule has 11 nitrogen and oxygen atoms in total. The number of anilines is 1. The van der Waals surface area contributed by atoms with Crippen molar-refractivity contribution in [3.8, 4) is 5.69 Å². The maximum atomic E-state index is 12.4. The topological polar surface area (TPSA) is 151 Å². The van der Waals surface area contributed by atoms with E-state index >= 15 is 0 Å². The lowest BCUT2D eigenvalue weighted by Gasteiger charge is -2.35. The number of aliphatic hydroxyl groups excluding tert-OH is 1. The number of aromatic nitrogens is 2. The molecule has 1 fully saturated rings. The fourth-order valence-electron chi connectivity index (χ4n) is 3.01. The summed E-state index contributed by atoms with van der Waals surface area (Å²) >= 11 is 0. The lowest BCUT2D eigenvalue weighted by atomic mass is 10.2. The van der Waals surface area contributed by atoms with E-state index in [-0.39, 0.29) is 24.8 Å². The SMILES string of the molecule is NC(CO)C(=O)N1CCN(C(=O)Nc2ccn(-c3ccc(C=O)cc3)c(=O)n2)CC1. The van der Waals surface area contributed by atoms with Crippen LogP contribution in [-0.4, -0.2) is 81.5 Å². The van der Waals surface area contributed by atoms with Crippen LogP contribution in [0.1, 0.15) is 10.4 Å². The molecule has 1 aliphatic heterocycles. The minimum Gasteiger partial charge on any atom is -0.394 e. The number of piperazine rings is 1. The first-order chi connectivity index (χ1) is 14.4. The Bertz CT molecular complexity index is 982. The minimum atomic E-state index is -0.962. The van der Waals surface area contributed by atoms with E-state index in [0.29, 0.717) is 30.6 Å². The molecule has 3 rings (SSSR count). The number of urea groups is 1. The standard InChI is InChI=1S/C19H22N6O5/c20-15(12-27)17(28)23-7-9-24(10-8-23)18(29)21-16-5-6-25(19(30)22-16)14-3-1-13(11-26)2-4-14/h1-6,11,15,27H,7-10,12,20H2,(H,21,22,29,30). The van der Waals surface area contributed by atoms with Crippen molar-refractivity contribution in [3.63, 3.8) is 0 Å². The molecule has 11 heteroatoms. The lowest BCUT2D eigenvalue weighted by molar-refractivity contribution is -0.134. The number of carbonyl (C=O) groups is 3. The number of nitrogens with zero attached hydrogens (tertiary/aromatic N) is 4. The first kappa shape index (κ1) is 21.1. The van der Waals surface area contributed by atoms with Crippen LogP contribution in [0.2, 0.25) is 0 Å². The van der Waals surface area contributed by atoms with Crippen LogP contribution < -0.4 is 16.7 Å². The second kappa shape index (κ2) is 9.29. The largest absolute Gasteiger partial charge is 0.394 e. The smallest absolute Gasteiger partial charge is 0.354 e. The van der Waals surface area contributed by atoms with Gasteiger partial charge in [-0.05, 0) is 30.3 Å². The highest BCUT2D eigenvalue weighted by molar-refractivity contribution is 5.88. The monoisotopic (exact) mass is 414 g/mol. The van der Waals surface area contributed by atoms with Gasteiger partial charge in [0.2, 0.25) is 5.91 Å². The summed E-state index contributed by atoms with van der Waals surface area (Å²) in [4.78, 5) is 54.3. The molecule has 0 spiro atoms. The number of nitrogens with two attached hydrogens (primary N) is 1. The van der Waals surface area contributed by atoms with E-state index in [2.05, 4.69) is 10.3 Å². The highest BCUT2D eigenvalue weighted by atomic mass is 16.3. The molecular weight excluding hydrogens is 392 g/mol. The Balaban J connectivity index is 1.61. The van der Waals surface area contributed by atoms with Crippen LogP contribution in [0, 0.1) is 0 Å². The Kier molecular flexibility index (Phi) is 6.54. The number of aldehydes is 1. The molecule has 3 amide bonds. The molecule has 0 saturated carbocycles. The minimum absolute atomic E-state index is 0.103. The zero-order chi connectivity index (χ0) is 21.7. The van der Waals surface area contributed by atoms with Crippen LogP contribution in [0.25, 0.3) is 5.69 Å². The summed E-state index contributed by atoms with van der Waals surface area (Å²) in [6, 6.07) is 6.50. The number of rotatable bonds is 5. The molecular formula is C19H22N6O5. The van der Waals surface area contributed by atoms with Gasteiger partial charge in [-0.3, -0.25) is 19.5 Å². The average molecular weight is 414 g/mol. The Morgan fingerprint density at radius 3 is 2.33 bits per heavy atom. The summed E-state index contributed by atoms with van der Waals surface area (Å²) in [5, 5.41) is 11.6. The number of amides is 3. The van der Waals surface area contributed by atoms with Crippen LogP contribution in [-0.2, 0) is 4.79 Å². The molecule has 0 radical (unpaired) electrons. The van der Waals surface area contributed by atoms with E-state index in [1.165, 1.54) is 26.6 Å². The van der Waals surface area contributed by atoms with Crippen LogP contribution >= 0.6 is 0 Å². The number of benzene rings is 1. The maximum Gasteiger partial charge on any atom is 0.354 e. The molecule has 1 aliphatic rings. The Morgan fingerprint density at radius 2 is 1.77 bits per heavy atom. The average Bonchev–Trinajstić information content (AvgIpc) is 2.78. The van der Waals surface area contributed by atoms with Gasteiger partial charge in [-0.15, -0.1) is 0 Å². The van der Waals surface area contributed by atoms with Crippen molar-refractivity contribution in [2.75, 3.05) is 38.1 Å². The van der Waals surface area contributed by atoms with Gasteiger partial charge in [0, 0.05) is 37.9 Å². The lowest BCUT2D eigenvalue weighted by Crippen LogP contribution is -2.55. The van der Waals surface area contributed by atoms with Gasteiger partial charge in [0.1, 0.15) is 18.1 Å². The van der Waals surface area contributed by atoms with Gasteiger partial charge < -0.3 is 20.6 Å². The van der Waals surface area contributed by atoms with Gasteiger partial charge in [0.05, 0.1) is 12.3 Å². The van der Waals surface area contributed by atoms with Gasteiger partial charge in [0.15, 0.2) is 0 Å². The van der Waals surface area contributed by atoms with Crippen LogP contribution in [0.4, 0.5) is 10.6 Å². The van der Waals surface area contributed by atoms with Crippen molar-refractivity contribution in [1.82, 2.24) is 19.4 Å². The van der Waals surface area contributed by atoms with E-state index < -0.39 is 24.4 Å². The Labute approximate surface area is 171 Å². The quantitative estimate of drug-likeness (QED) is 0.533. The van der Waals surface area contributed by atoms with Crippen molar-refractivity contribution in [3.05, 3.63) is 52.6 Å². The molecule has 1 unspecified atom stereocenters. The molecule has 0 bridgehead atoms. The summed E-state index contributed by atoms with van der Waals surface area (Å²) in [5.74, 6) is -0.254. The summed E-state index contributed by atoms with van der Waals surface area (Å²) < 4.78 is 1.29. The fraction of sp³-hybridized carbons (Fsp3) is 0.316. The summed E-state index contributed by atoms with van der Waals surface area (Å²) in [6.45, 7) is 0.737. The van der Waals surface area contributed by atoms with Crippen LogP contribution in [0.15, 0.2) is 41.3 Å². The summed E-state index contributed by atoms with van der Waals surface area (Å²) in [7, 11) is 0. The second-order valence-corrected chi connectivity index (χ2v) is 6.71. The van der Waals surface area contributed by atoms with E-state index in [1.54, 1.807) is 24.3 Å². The van der Waals surface area contributed by atoms with E-state index in [4.69, 9.17) is 10.8 Å². The van der Waals surface area contributed by atoms with Gasteiger partial charge in [-0.2, -0.15) is 4.98 Å². The van der Waals surface area contributed by atoms with Crippen molar-refractivity contribution in [1.29, 1.82) is 0 Å². The normalized spacial score (nSPS) is 14.9. The van der Waals surface area contributed by atoms with Gasteiger partial charge in [-0.25, -0.2) is 9.59 Å². The molecule has 1 aromatic heterocycles. The predicted molar refractivity (Wildman–Crippen MR) is 107 cm³/mol. The molecule has 2 aromatic rings.